The number of carbonyl (C=O) groups excluding carboxylic acids is 3. The van der Waals surface area contributed by atoms with Crippen molar-refractivity contribution < 1.29 is 29.3 Å². The molecule has 0 bridgehead atoms. The summed E-state index contributed by atoms with van der Waals surface area (Å²) >= 11 is 6.05. The second-order valence-corrected chi connectivity index (χ2v) is 10.9. The number of nitrogens with one attached hydrogen (secondary N) is 1. The molecule has 2 aromatic carbocycles. The lowest BCUT2D eigenvalue weighted by Gasteiger charge is -2.29. The van der Waals surface area contributed by atoms with E-state index in [-0.39, 0.29) is 45.4 Å². The maximum absolute atomic E-state index is 13.9. The van der Waals surface area contributed by atoms with E-state index in [1.165, 1.54) is 19.9 Å². The summed E-state index contributed by atoms with van der Waals surface area (Å²) in [6.45, 7) is 10.8. The Morgan fingerprint density at radius 2 is 1.74 bits per heavy atom. The molecule has 0 amide bonds. The van der Waals surface area contributed by atoms with Gasteiger partial charge in [0.1, 0.15) is 34.0 Å². The Balaban J connectivity index is 1.67. The van der Waals surface area contributed by atoms with Gasteiger partial charge >= 0.3 is 0 Å². The molecular formula is C30H32ClNO6. The predicted molar refractivity (Wildman–Crippen MR) is 145 cm³/mol. The fourth-order valence-electron chi connectivity index (χ4n) is 5.46. The van der Waals surface area contributed by atoms with Gasteiger partial charge in [0.15, 0.2) is 17.3 Å². The largest absolute Gasteiger partial charge is 0.507 e. The number of fused-ring (bicyclic) bond motifs is 3. The zero-order valence-electron chi connectivity index (χ0n) is 22.4. The Kier molecular flexibility index (Phi) is 7.19. The maximum Gasteiger partial charge on any atom is 0.194 e. The molecule has 0 spiro atoms. The van der Waals surface area contributed by atoms with E-state index < -0.39 is 28.5 Å². The first-order valence-electron chi connectivity index (χ1n) is 12.6. The van der Waals surface area contributed by atoms with E-state index in [1.807, 2.05) is 24.3 Å². The molecule has 0 aromatic heterocycles. The van der Waals surface area contributed by atoms with E-state index in [0.29, 0.717) is 23.2 Å². The third-order valence-corrected chi connectivity index (χ3v) is 7.96. The maximum atomic E-state index is 13.9. The summed E-state index contributed by atoms with van der Waals surface area (Å²) in [4.78, 5) is 39.4. The molecule has 1 aliphatic carbocycles. The van der Waals surface area contributed by atoms with E-state index in [0.717, 1.165) is 12.0 Å². The number of carbonyl (C=O) groups is 3. The lowest BCUT2D eigenvalue weighted by molar-refractivity contribution is -0.123. The van der Waals surface area contributed by atoms with Crippen molar-refractivity contribution in [2.24, 2.45) is 5.92 Å². The second-order valence-electron chi connectivity index (χ2n) is 10.5. The Morgan fingerprint density at radius 3 is 2.32 bits per heavy atom. The van der Waals surface area contributed by atoms with Crippen molar-refractivity contribution in [1.82, 2.24) is 5.32 Å². The average Bonchev–Trinajstić information content (AvgIpc) is 3.13. The van der Waals surface area contributed by atoms with Crippen molar-refractivity contribution in [3.8, 4) is 17.2 Å². The Labute approximate surface area is 227 Å². The summed E-state index contributed by atoms with van der Waals surface area (Å²) < 4.78 is 5.81. The third-order valence-electron chi connectivity index (χ3n) is 7.71. The van der Waals surface area contributed by atoms with Crippen LogP contribution in [0, 0.1) is 12.8 Å². The molecule has 1 unspecified atom stereocenters. The first-order chi connectivity index (χ1) is 17.8. The van der Waals surface area contributed by atoms with Gasteiger partial charge in [0.05, 0.1) is 11.1 Å². The number of phenolic OH excluding ortho intramolecular Hbond substituents is 2. The average molecular weight is 538 g/mol. The van der Waals surface area contributed by atoms with Crippen LogP contribution in [0.25, 0.3) is 0 Å². The Morgan fingerprint density at radius 1 is 1.11 bits per heavy atom. The Hall–Kier alpha value is -3.58. The molecule has 4 rings (SSSR count). The third kappa shape index (κ3) is 4.29. The van der Waals surface area contributed by atoms with Gasteiger partial charge in [-0.25, -0.2) is 0 Å². The number of hydrogen-bond acceptors (Lipinski definition) is 7. The molecule has 7 nitrogen and oxygen atoms in total. The van der Waals surface area contributed by atoms with Crippen LogP contribution in [-0.4, -0.2) is 34.1 Å². The van der Waals surface area contributed by atoms with Gasteiger partial charge in [-0.1, -0.05) is 37.6 Å². The lowest BCUT2D eigenvalue weighted by Crippen LogP contribution is -2.41. The summed E-state index contributed by atoms with van der Waals surface area (Å²) in [5, 5.41) is 25.4. The van der Waals surface area contributed by atoms with Crippen LogP contribution in [0.3, 0.4) is 0 Å². The summed E-state index contributed by atoms with van der Waals surface area (Å²) in [7, 11) is 0. The summed E-state index contributed by atoms with van der Waals surface area (Å²) in [6, 6.07) is 7.76. The number of halogens is 1. The van der Waals surface area contributed by atoms with Gasteiger partial charge in [0.2, 0.25) is 0 Å². The van der Waals surface area contributed by atoms with Gasteiger partial charge in [-0.05, 0) is 63.6 Å². The molecule has 38 heavy (non-hydrogen) atoms. The van der Waals surface area contributed by atoms with Crippen LogP contribution < -0.4 is 10.1 Å². The Bertz CT molecular complexity index is 1420. The van der Waals surface area contributed by atoms with Gasteiger partial charge in [-0.2, -0.15) is 0 Å². The molecule has 2 atom stereocenters. The molecule has 2 aliphatic rings. The molecule has 0 radical (unpaired) electrons. The van der Waals surface area contributed by atoms with Crippen LogP contribution in [-0.2, 0) is 15.0 Å². The van der Waals surface area contributed by atoms with Gasteiger partial charge in [0.25, 0.3) is 0 Å². The number of phenols is 2. The smallest absolute Gasteiger partial charge is 0.194 e. The topological polar surface area (TPSA) is 113 Å². The highest BCUT2D eigenvalue weighted by molar-refractivity contribution is 6.31. The molecule has 2 aromatic rings. The molecule has 3 N–H and O–H groups in total. The fourth-order valence-corrected chi connectivity index (χ4v) is 5.59. The fraction of sp³-hybridized carbons (Fsp3) is 0.367. The van der Waals surface area contributed by atoms with E-state index in [4.69, 9.17) is 16.3 Å². The minimum atomic E-state index is -1.53. The zero-order chi connectivity index (χ0) is 28.1. The highest BCUT2D eigenvalue weighted by Crippen LogP contribution is 2.57. The lowest BCUT2D eigenvalue weighted by atomic mass is 9.70. The number of benzene rings is 2. The van der Waals surface area contributed by atoms with E-state index >= 15 is 0 Å². The van der Waals surface area contributed by atoms with Crippen molar-refractivity contribution in [3.63, 3.8) is 0 Å². The van der Waals surface area contributed by atoms with E-state index in [1.54, 1.807) is 13.8 Å². The quantitative estimate of drug-likeness (QED) is 0.238. The number of aromatic hydroxyl groups is 2. The first kappa shape index (κ1) is 27.5. The van der Waals surface area contributed by atoms with Gasteiger partial charge in [0, 0.05) is 28.9 Å². The van der Waals surface area contributed by atoms with Crippen LogP contribution in [0.4, 0.5) is 0 Å². The second kappa shape index (κ2) is 9.95. The van der Waals surface area contributed by atoms with Gasteiger partial charge in [-0.15, -0.1) is 0 Å². The van der Waals surface area contributed by atoms with Crippen molar-refractivity contribution in [2.45, 2.75) is 59.3 Å². The number of allylic oxidation sites excluding steroid dienone is 4. The zero-order valence-corrected chi connectivity index (χ0v) is 23.1. The van der Waals surface area contributed by atoms with Crippen molar-refractivity contribution in [3.05, 3.63) is 74.6 Å². The predicted octanol–water partition coefficient (Wildman–Crippen LogP) is 5.64. The molecule has 0 saturated carbocycles. The number of hydrogen-bond donors (Lipinski definition) is 3. The minimum Gasteiger partial charge on any atom is -0.507 e. The van der Waals surface area contributed by atoms with Crippen molar-refractivity contribution in [1.29, 1.82) is 0 Å². The van der Waals surface area contributed by atoms with Crippen molar-refractivity contribution >= 4 is 29.0 Å². The normalized spacial score (nSPS) is 20.5. The van der Waals surface area contributed by atoms with Gasteiger partial charge < -0.3 is 20.3 Å². The summed E-state index contributed by atoms with van der Waals surface area (Å²) in [5.41, 5.74) is 0.0330. The minimum absolute atomic E-state index is 0.0180. The van der Waals surface area contributed by atoms with Crippen LogP contribution in [0.2, 0.25) is 5.02 Å². The van der Waals surface area contributed by atoms with Crippen LogP contribution >= 0.6 is 11.6 Å². The summed E-state index contributed by atoms with van der Waals surface area (Å²) in [6.07, 6.45) is 1.99. The van der Waals surface area contributed by atoms with Crippen LogP contribution in [0.1, 0.15) is 74.0 Å². The van der Waals surface area contributed by atoms with Crippen molar-refractivity contribution in [2.75, 3.05) is 6.54 Å². The number of Topliss-reactive ketones (excluding diaryl/α,β-unsaturated/α-hetero) is 2. The summed E-state index contributed by atoms with van der Waals surface area (Å²) in [5.74, 6) is -1.79. The highest BCUT2D eigenvalue weighted by atomic mass is 35.5. The molecule has 0 fully saturated rings. The molecule has 200 valence electrons. The van der Waals surface area contributed by atoms with E-state index in [2.05, 4.69) is 19.2 Å². The van der Waals surface area contributed by atoms with Crippen LogP contribution in [0.5, 0.6) is 17.2 Å². The molecule has 1 aliphatic heterocycles. The van der Waals surface area contributed by atoms with Gasteiger partial charge in [-0.3, -0.25) is 14.4 Å². The molecule has 0 saturated heterocycles. The highest BCUT2D eigenvalue weighted by Gasteiger charge is 2.56. The number of ketones is 3. The molecule has 8 heteroatoms. The number of ether oxygens (including phenoxy) is 1. The first-order valence-corrected chi connectivity index (χ1v) is 13.0. The number of rotatable bonds is 7. The molecular weight excluding hydrogens is 506 g/mol. The standard InChI is InChI=1S/C30H32ClNO6/c1-14(2)20(18-7-9-19(31)10-8-18)11-12-32-16(4)23-21(34)13-22-30(6,29(23)37)25-27(36)15(3)26(35)24(17(5)33)28(25)38-22/h7-10,13-14,20,32,35-36H,11-12H2,1-6H3/t20?,30-/m0/s1. The molecule has 1 heterocycles. The van der Waals surface area contributed by atoms with Crippen LogP contribution in [0.15, 0.2) is 47.4 Å². The monoisotopic (exact) mass is 537 g/mol. The SMILES string of the molecule is CC(=O)c1c(O)c(C)c(O)c2c1OC1=CC(=O)C(=C(C)NCCC(c3ccc(Cl)cc3)C(C)C)C(=O)[C@@]12C. The van der Waals surface area contributed by atoms with E-state index in [9.17, 15) is 24.6 Å².